The molecular weight excluding hydrogens is 366 g/mol. The van der Waals surface area contributed by atoms with Crippen LogP contribution in [0.5, 0.6) is 0 Å². The summed E-state index contributed by atoms with van der Waals surface area (Å²) in [5, 5.41) is 18.4. The fourth-order valence-corrected chi connectivity index (χ4v) is 2.70. The molecule has 3 aromatic rings. The summed E-state index contributed by atoms with van der Waals surface area (Å²) in [4.78, 5) is 19.3. The highest BCUT2D eigenvalue weighted by Crippen LogP contribution is 2.32. The van der Waals surface area contributed by atoms with Gasteiger partial charge in [-0.3, -0.25) is 10.1 Å². The van der Waals surface area contributed by atoms with Crippen molar-refractivity contribution in [1.29, 1.82) is 0 Å². The number of aryl methyl sites for hydroxylation is 1. The standard InChI is InChI=1S/C19H18ClN5O2/c1-12-4-3-5-16(13(12)2)24-19-17(25(26)27)18(22-11-23-19)21-10-14-6-8-15(20)9-7-14/h3-9,11H,10H2,1-2H3,(H2,21,22,23,24). The molecule has 0 atom stereocenters. The molecule has 0 saturated heterocycles. The largest absolute Gasteiger partial charge is 0.360 e. The van der Waals surface area contributed by atoms with Gasteiger partial charge < -0.3 is 10.6 Å². The van der Waals surface area contributed by atoms with Crippen LogP contribution in [0.2, 0.25) is 5.02 Å². The number of nitrogens with zero attached hydrogens (tertiary/aromatic N) is 3. The zero-order valence-corrected chi connectivity index (χ0v) is 15.6. The monoisotopic (exact) mass is 383 g/mol. The number of nitro groups is 1. The number of rotatable bonds is 6. The van der Waals surface area contributed by atoms with Gasteiger partial charge in [0.1, 0.15) is 6.33 Å². The van der Waals surface area contributed by atoms with Crippen LogP contribution in [-0.4, -0.2) is 14.9 Å². The lowest BCUT2D eigenvalue weighted by molar-refractivity contribution is -0.383. The van der Waals surface area contributed by atoms with Gasteiger partial charge in [-0.05, 0) is 48.7 Å². The number of anilines is 3. The van der Waals surface area contributed by atoms with E-state index in [-0.39, 0.29) is 17.3 Å². The molecule has 3 rings (SSSR count). The number of halogens is 1. The lowest BCUT2D eigenvalue weighted by Gasteiger charge is -2.12. The van der Waals surface area contributed by atoms with Gasteiger partial charge in [-0.1, -0.05) is 35.9 Å². The maximum Gasteiger partial charge on any atom is 0.353 e. The Morgan fingerprint density at radius 3 is 2.48 bits per heavy atom. The zero-order valence-electron chi connectivity index (χ0n) is 14.9. The summed E-state index contributed by atoms with van der Waals surface area (Å²) in [6, 6.07) is 12.9. The van der Waals surface area contributed by atoms with Crippen LogP contribution in [0.15, 0.2) is 48.8 Å². The second kappa shape index (κ2) is 8.01. The van der Waals surface area contributed by atoms with E-state index in [0.29, 0.717) is 11.6 Å². The van der Waals surface area contributed by atoms with Gasteiger partial charge in [-0.15, -0.1) is 0 Å². The van der Waals surface area contributed by atoms with Crippen LogP contribution in [0.1, 0.15) is 16.7 Å². The summed E-state index contributed by atoms with van der Waals surface area (Å²) < 4.78 is 0. The predicted molar refractivity (Wildman–Crippen MR) is 107 cm³/mol. The van der Waals surface area contributed by atoms with Crippen molar-refractivity contribution in [2.45, 2.75) is 20.4 Å². The minimum Gasteiger partial charge on any atom is -0.360 e. The molecule has 27 heavy (non-hydrogen) atoms. The SMILES string of the molecule is Cc1cccc(Nc2ncnc(NCc3ccc(Cl)cc3)c2[N+](=O)[O-])c1C. The third-order valence-electron chi connectivity index (χ3n) is 4.24. The number of benzene rings is 2. The zero-order chi connectivity index (χ0) is 19.4. The number of hydrogen-bond donors (Lipinski definition) is 2. The molecule has 8 heteroatoms. The molecule has 1 heterocycles. The van der Waals surface area contributed by atoms with Crippen molar-refractivity contribution in [3.8, 4) is 0 Å². The molecule has 0 radical (unpaired) electrons. The highest BCUT2D eigenvalue weighted by Gasteiger charge is 2.23. The summed E-state index contributed by atoms with van der Waals surface area (Å²) in [5.74, 6) is 0.292. The molecule has 0 saturated carbocycles. The Balaban J connectivity index is 1.89. The van der Waals surface area contributed by atoms with E-state index in [1.54, 1.807) is 12.1 Å². The summed E-state index contributed by atoms with van der Waals surface area (Å²) in [7, 11) is 0. The molecule has 0 unspecified atom stereocenters. The van der Waals surface area contributed by atoms with Crippen LogP contribution in [0.3, 0.4) is 0 Å². The third-order valence-corrected chi connectivity index (χ3v) is 4.49. The minimum atomic E-state index is -0.488. The molecule has 0 aliphatic rings. The second-order valence-electron chi connectivity index (χ2n) is 6.03. The van der Waals surface area contributed by atoms with Crippen molar-refractivity contribution in [2.75, 3.05) is 10.6 Å². The topological polar surface area (TPSA) is 93.0 Å². The van der Waals surface area contributed by atoms with Gasteiger partial charge in [0.15, 0.2) is 0 Å². The molecular formula is C19H18ClN5O2. The van der Waals surface area contributed by atoms with Crippen molar-refractivity contribution in [1.82, 2.24) is 9.97 Å². The fraction of sp³-hybridized carbons (Fsp3) is 0.158. The smallest absolute Gasteiger partial charge is 0.353 e. The van der Waals surface area contributed by atoms with Gasteiger partial charge in [-0.25, -0.2) is 9.97 Å². The summed E-state index contributed by atoms with van der Waals surface area (Å²) in [5.41, 5.74) is 3.57. The first-order valence-electron chi connectivity index (χ1n) is 8.26. The van der Waals surface area contributed by atoms with E-state index in [1.165, 1.54) is 6.33 Å². The molecule has 0 aliphatic heterocycles. The highest BCUT2D eigenvalue weighted by atomic mass is 35.5. The van der Waals surface area contributed by atoms with Crippen LogP contribution in [0.4, 0.5) is 23.0 Å². The molecule has 2 N–H and O–H groups in total. The van der Waals surface area contributed by atoms with E-state index >= 15 is 0 Å². The average Bonchev–Trinajstić information content (AvgIpc) is 2.65. The van der Waals surface area contributed by atoms with E-state index < -0.39 is 4.92 Å². The van der Waals surface area contributed by atoms with Gasteiger partial charge in [0, 0.05) is 17.3 Å². The third kappa shape index (κ3) is 4.32. The molecule has 7 nitrogen and oxygen atoms in total. The molecule has 138 valence electrons. The van der Waals surface area contributed by atoms with Crippen LogP contribution >= 0.6 is 11.6 Å². The maximum absolute atomic E-state index is 11.7. The Bertz CT molecular complexity index is 976. The number of aromatic nitrogens is 2. The highest BCUT2D eigenvalue weighted by molar-refractivity contribution is 6.30. The summed E-state index contributed by atoms with van der Waals surface area (Å²) in [6.07, 6.45) is 1.30. The predicted octanol–water partition coefficient (Wildman–Crippen LogP) is 5.01. The van der Waals surface area contributed by atoms with Crippen LogP contribution in [0.25, 0.3) is 0 Å². The van der Waals surface area contributed by atoms with E-state index in [4.69, 9.17) is 11.6 Å². The minimum absolute atomic E-state index is 0.141. The van der Waals surface area contributed by atoms with Gasteiger partial charge >= 0.3 is 5.69 Å². The Morgan fingerprint density at radius 2 is 1.78 bits per heavy atom. The van der Waals surface area contributed by atoms with Gasteiger partial charge in [0.25, 0.3) is 0 Å². The Kier molecular flexibility index (Phi) is 5.52. The molecule has 2 aromatic carbocycles. The first kappa shape index (κ1) is 18.6. The van der Waals surface area contributed by atoms with Crippen molar-refractivity contribution < 1.29 is 4.92 Å². The van der Waals surface area contributed by atoms with E-state index in [0.717, 1.165) is 22.4 Å². The molecule has 0 bridgehead atoms. The lowest BCUT2D eigenvalue weighted by Crippen LogP contribution is -2.08. The van der Waals surface area contributed by atoms with Gasteiger partial charge in [-0.2, -0.15) is 0 Å². The Morgan fingerprint density at radius 1 is 1.07 bits per heavy atom. The van der Waals surface area contributed by atoms with Crippen LogP contribution in [0, 0.1) is 24.0 Å². The van der Waals surface area contributed by atoms with E-state index in [9.17, 15) is 10.1 Å². The van der Waals surface area contributed by atoms with Gasteiger partial charge in [0.05, 0.1) is 4.92 Å². The van der Waals surface area contributed by atoms with Crippen molar-refractivity contribution in [3.05, 3.63) is 80.6 Å². The Hall–Kier alpha value is -3.19. The molecule has 0 amide bonds. The first-order valence-corrected chi connectivity index (χ1v) is 8.64. The Labute approximate surface area is 161 Å². The van der Waals surface area contributed by atoms with Crippen LogP contribution < -0.4 is 10.6 Å². The molecule has 0 fully saturated rings. The van der Waals surface area contributed by atoms with Crippen LogP contribution in [-0.2, 0) is 6.54 Å². The van der Waals surface area contributed by atoms with E-state index in [1.807, 2.05) is 44.2 Å². The average molecular weight is 384 g/mol. The first-order chi connectivity index (χ1) is 13.0. The molecule has 1 aromatic heterocycles. The fourth-order valence-electron chi connectivity index (χ4n) is 2.57. The van der Waals surface area contributed by atoms with E-state index in [2.05, 4.69) is 20.6 Å². The second-order valence-corrected chi connectivity index (χ2v) is 6.47. The van der Waals surface area contributed by atoms with Gasteiger partial charge in [0.2, 0.25) is 11.6 Å². The maximum atomic E-state index is 11.7. The van der Waals surface area contributed by atoms with Crippen molar-refractivity contribution in [3.63, 3.8) is 0 Å². The van der Waals surface area contributed by atoms with Crippen molar-refractivity contribution in [2.24, 2.45) is 0 Å². The summed E-state index contributed by atoms with van der Waals surface area (Å²) >= 11 is 5.88. The quantitative estimate of drug-likeness (QED) is 0.459. The number of nitrogens with one attached hydrogen (secondary N) is 2. The number of hydrogen-bond acceptors (Lipinski definition) is 6. The van der Waals surface area contributed by atoms with Crippen molar-refractivity contribution >= 4 is 34.6 Å². The normalized spacial score (nSPS) is 10.5. The molecule has 0 spiro atoms. The summed E-state index contributed by atoms with van der Waals surface area (Å²) in [6.45, 7) is 4.30. The lowest BCUT2D eigenvalue weighted by atomic mass is 10.1. The molecule has 0 aliphatic carbocycles.